The van der Waals surface area contributed by atoms with Crippen molar-refractivity contribution in [3.8, 4) is 50.7 Å². The molecule has 0 radical (unpaired) electrons. The minimum absolute atomic E-state index is 0.757. The van der Waals surface area contributed by atoms with Gasteiger partial charge in [-0.25, -0.2) is 9.97 Å². The van der Waals surface area contributed by atoms with Crippen LogP contribution in [0.25, 0.3) is 72.5 Å². The van der Waals surface area contributed by atoms with E-state index < -0.39 is 0 Å². The van der Waals surface area contributed by atoms with Crippen LogP contribution in [0.4, 0.5) is 0 Å². The minimum Gasteiger partial charge on any atom is -0.309 e. The summed E-state index contributed by atoms with van der Waals surface area (Å²) in [6, 6.07) is 53.8. The van der Waals surface area contributed by atoms with Crippen LogP contribution in [0.2, 0.25) is 0 Å². The van der Waals surface area contributed by atoms with Gasteiger partial charge < -0.3 is 4.57 Å². The molecule has 206 valence electrons. The first-order valence-corrected chi connectivity index (χ1v) is 15.1. The SMILES string of the molecule is c1ccc(-c2nc(-c3ccccc3)c3c(n2)-c2c(cccc2-c2ccc(-n4c5ccccc5c5ccccc54)cc2)C3)cc1. The quantitative estimate of drug-likeness (QED) is 0.214. The van der Waals surface area contributed by atoms with Crippen molar-refractivity contribution in [3.63, 3.8) is 0 Å². The van der Waals surface area contributed by atoms with E-state index in [9.17, 15) is 0 Å². The number of para-hydroxylation sites is 2. The topological polar surface area (TPSA) is 30.7 Å². The standard InChI is InChI=1S/C41H27N3/c1-3-12-28(13-4-1)39-35-26-30-16-11-19-32(38(30)40(35)43-41(42-39)29-14-5-2-6-15-29)27-22-24-31(25-23-27)44-36-20-9-7-17-33(36)34-18-8-10-21-37(34)44/h1-25H,26H2. The molecular weight excluding hydrogens is 534 g/mol. The highest BCUT2D eigenvalue weighted by Crippen LogP contribution is 2.45. The van der Waals surface area contributed by atoms with E-state index >= 15 is 0 Å². The normalized spacial score (nSPS) is 12.0. The molecule has 1 aliphatic rings. The van der Waals surface area contributed by atoms with Crippen molar-refractivity contribution in [1.29, 1.82) is 0 Å². The summed E-state index contributed by atoms with van der Waals surface area (Å²) >= 11 is 0. The van der Waals surface area contributed by atoms with E-state index in [4.69, 9.17) is 9.97 Å². The molecule has 0 amide bonds. The zero-order valence-electron chi connectivity index (χ0n) is 24.0. The Kier molecular flexibility index (Phi) is 5.57. The van der Waals surface area contributed by atoms with Crippen LogP contribution in [-0.4, -0.2) is 14.5 Å². The van der Waals surface area contributed by atoms with E-state index in [1.807, 2.05) is 18.2 Å². The van der Waals surface area contributed by atoms with E-state index in [0.29, 0.717) is 0 Å². The number of nitrogens with zero attached hydrogens (tertiary/aromatic N) is 3. The molecule has 2 aromatic heterocycles. The summed E-state index contributed by atoms with van der Waals surface area (Å²) in [5.41, 5.74) is 13.9. The maximum Gasteiger partial charge on any atom is 0.160 e. The highest BCUT2D eigenvalue weighted by atomic mass is 15.0. The van der Waals surface area contributed by atoms with Gasteiger partial charge in [-0.15, -0.1) is 0 Å². The van der Waals surface area contributed by atoms with Crippen molar-refractivity contribution >= 4 is 21.8 Å². The van der Waals surface area contributed by atoms with Gasteiger partial charge in [-0.3, -0.25) is 0 Å². The molecule has 0 fully saturated rings. The van der Waals surface area contributed by atoms with E-state index in [0.717, 1.165) is 40.4 Å². The lowest BCUT2D eigenvalue weighted by Gasteiger charge is -2.14. The van der Waals surface area contributed by atoms with Crippen LogP contribution in [0.3, 0.4) is 0 Å². The first kappa shape index (κ1) is 24.8. The van der Waals surface area contributed by atoms with Crippen LogP contribution in [-0.2, 0) is 6.42 Å². The predicted octanol–water partition coefficient (Wildman–Crippen LogP) is 10.1. The zero-order chi connectivity index (χ0) is 29.0. The highest BCUT2D eigenvalue weighted by Gasteiger charge is 2.28. The molecule has 44 heavy (non-hydrogen) atoms. The molecule has 0 unspecified atom stereocenters. The maximum absolute atomic E-state index is 5.25. The fourth-order valence-corrected chi connectivity index (χ4v) is 6.86. The number of aromatic nitrogens is 3. The summed E-state index contributed by atoms with van der Waals surface area (Å²) in [6.45, 7) is 0. The van der Waals surface area contributed by atoms with E-state index in [1.165, 1.54) is 49.6 Å². The van der Waals surface area contributed by atoms with Gasteiger partial charge in [0.05, 0.1) is 22.4 Å². The third kappa shape index (κ3) is 3.83. The second-order valence-corrected chi connectivity index (χ2v) is 11.4. The number of fused-ring (bicyclic) bond motifs is 6. The average Bonchev–Trinajstić information content (AvgIpc) is 3.65. The fraction of sp³-hybridized carbons (Fsp3) is 0.0244. The largest absolute Gasteiger partial charge is 0.309 e. The Morgan fingerprint density at radius 3 is 1.73 bits per heavy atom. The molecule has 2 heterocycles. The van der Waals surface area contributed by atoms with Crippen molar-refractivity contribution < 1.29 is 0 Å². The summed E-state index contributed by atoms with van der Waals surface area (Å²) in [4.78, 5) is 10.4. The molecule has 3 heteroatoms. The van der Waals surface area contributed by atoms with Crippen molar-refractivity contribution in [2.45, 2.75) is 6.42 Å². The van der Waals surface area contributed by atoms with Crippen LogP contribution in [0.15, 0.2) is 152 Å². The van der Waals surface area contributed by atoms with Gasteiger partial charge in [0.2, 0.25) is 0 Å². The third-order valence-electron chi connectivity index (χ3n) is 8.86. The number of hydrogen-bond acceptors (Lipinski definition) is 2. The maximum atomic E-state index is 5.25. The Morgan fingerprint density at radius 1 is 0.455 bits per heavy atom. The molecule has 9 rings (SSSR count). The Hall–Kier alpha value is -5.80. The summed E-state index contributed by atoms with van der Waals surface area (Å²) in [7, 11) is 0. The number of benzene rings is 6. The summed E-state index contributed by atoms with van der Waals surface area (Å²) in [5, 5.41) is 2.54. The Morgan fingerprint density at radius 2 is 1.05 bits per heavy atom. The second kappa shape index (κ2) is 9.89. The van der Waals surface area contributed by atoms with Crippen molar-refractivity contribution in [1.82, 2.24) is 14.5 Å². The first-order chi connectivity index (χ1) is 21.8. The van der Waals surface area contributed by atoms with Gasteiger partial charge in [0.15, 0.2) is 5.82 Å². The lowest BCUT2D eigenvalue weighted by atomic mass is 9.96. The van der Waals surface area contributed by atoms with Gasteiger partial charge in [0.25, 0.3) is 0 Å². The molecule has 0 aliphatic heterocycles. The number of rotatable bonds is 4. The molecule has 0 spiro atoms. The van der Waals surface area contributed by atoms with Gasteiger partial charge in [-0.05, 0) is 41.0 Å². The molecule has 8 aromatic rings. The molecule has 0 saturated carbocycles. The lowest BCUT2D eigenvalue weighted by Crippen LogP contribution is -1.99. The van der Waals surface area contributed by atoms with Gasteiger partial charge in [-0.2, -0.15) is 0 Å². The van der Waals surface area contributed by atoms with Crippen molar-refractivity contribution in [2.24, 2.45) is 0 Å². The molecule has 1 aliphatic carbocycles. The first-order valence-electron chi connectivity index (χ1n) is 15.1. The fourth-order valence-electron chi connectivity index (χ4n) is 6.86. The van der Waals surface area contributed by atoms with Gasteiger partial charge in [0, 0.05) is 45.1 Å². The molecular formula is C41H27N3. The lowest BCUT2D eigenvalue weighted by molar-refractivity contribution is 1.13. The van der Waals surface area contributed by atoms with Gasteiger partial charge in [-0.1, -0.05) is 127 Å². The van der Waals surface area contributed by atoms with E-state index in [2.05, 4.69) is 138 Å². The predicted molar refractivity (Wildman–Crippen MR) is 181 cm³/mol. The van der Waals surface area contributed by atoms with Crippen molar-refractivity contribution in [3.05, 3.63) is 163 Å². The molecule has 0 atom stereocenters. The van der Waals surface area contributed by atoms with Gasteiger partial charge in [0.1, 0.15) is 0 Å². The van der Waals surface area contributed by atoms with E-state index in [1.54, 1.807) is 0 Å². The van der Waals surface area contributed by atoms with Crippen LogP contribution >= 0.6 is 0 Å². The molecule has 6 aromatic carbocycles. The Bertz CT molecular complexity index is 2280. The summed E-state index contributed by atoms with van der Waals surface area (Å²) < 4.78 is 2.37. The second-order valence-electron chi connectivity index (χ2n) is 11.4. The third-order valence-corrected chi connectivity index (χ3v) is 8.86. The number of hydrogen-bond donors (Lipinski definition) is 0. The van der Waals surface area contributed by atoms with Gasteiger partial charge >= 0.3 is 0 Å². The zero-order valence-corrected chi connectivity index (χ0v) is 24.0. The Balaban J connectivity index is 1.21. The van der Waals surface area contributed by atoms with Crippen LogP contribution in [0, 0.1) is 0 Å². The smallest absolute Gasteiger partial charge is 0.160 e. The van der Waals surface area contributed by atoms with Crippen molar-refractivity contribution in [2.75, 3.05) is 0 Å². The van der Waals surface area contributed by atoms with E-state index in [-0.39, 0.29) is 0 Å². The monoisotopic (exact) mass is 561 g/mol. The Labute approximate surface area is 255 Å². The van der Waals surface area contributed by atoms with Crippen LogP contribution < -0.4 is 0 Å². The molecule has 0 N–H and O–H groups in total. The summed E-state index contributed by atoms with van der Waals surface area (Å²) in [5.74, 6) is 0.757. The molecule has 0 bridgehead atoms. The average molecular weight is 562 g/mol. The van der Waals surface area contributed by atoms with Crippen LogP contribution in [0.1, 0.15) is 11.1 Å². The minimum atomic E-state index is 0.757. The molecule has 0 saturated heterocycles. The highest BCUT2D eigenvalue weighted by molar-refractivity contribution is 6.09. The molecule has 3 nitrogen and oxygen atoms in total. The summed E-state index contributed by atoms with van der Waals surface area (Å²) in [6.07, 6.45) is 0.817. The van der Waals surface area contributed by atoms with Crippen LogP contribution in [0.5, 0.6) is 0 Å².